The normalized spacial score (nSPS) is 28.3. The molecule has 0 spiro atoms. The summed E-state index contributed by atoms with van der Waals surface area (Å²) in [5.41, 5.74) is -0.131. The van der Waals surface area contributed by atoms with Crippen molar-refractivity contribution in [3.63, 3.8) is 0 Å². The van der Waals surface area contributed by atoms with Gasteiger partial charge in [-0.15, -0.1) is 0 Å². The molecule has 5 N–H and O–H groups in total. The highest BCUT2D eigenvalue weighted by atomic mass is 35.5. The number of hydrogen-bond donors (Lipinski definition) is 5. The minimum absolute atomic E-state index is 0.0320. The van der Waals surface area contributed by atoms with E-state index in [0.717, 1.165) is 6.07 Å². The maximum absolute atomic E-state index is 13.6. The van der Waals surface area contributed by atoms with Gasteiger partial charge in [0.05, 0.1) is 28.0 Å². The largest absolute Gasteiger partial charge is 0.484 e. The van der Waals surface area contributed by atoms with Crippen molar-refractivity contribution in [2.24, 2.45) is 0 Å². The smallest absolute Gasteiger partial charge is 0.258 e. The number of benzene rings is 2. The van der Waals surface area contributed by atoms with Gasteiger partial charge in [0.25, 0.3) is 5.91 Å². The molecule has 2 aromatic rings. The predicted octanol–water partition coefficient (Wildman–Crippen LogP) is 2.95. The topological polar surface area (TPSA) is 112 Å². The van der Waals surface area contributed by atoms with Crippen LogP contribution in [0.3, 0.4) is 0 Å². The minimum atomic E-state index is -0.839. The van der Waals surface area contributed by atoms with Crippen LogP contribution < -0.4 is 26.0 Å². The molecule has 8 nitrogen and oxygen atoms in total. The summed E-state index contributed by atoms with van der Waals surface area (Å²) in [4.78, 5) is 25.6. The number of fused-ring (bicyclic) bond motifs is 4. The van der Waals surface area contributed by atoms with E-state index in [2.05, 4.69) is 21.3 Å². The number of aliphatic hydroxyl groups excluding tert-OH is 1. The SMILES string of the molecule is O=C(COc1ccc(Cl)c(F)c1)NC12CCC(NC(=O)C3CNc4cc(F)ccc4N3)(CC1)[C@@H](O)C2. The Hall–Kier alpha value is -3.11. The molecule has 6 rings (SSSR count). The van der Waals surface area contributed by atoms with Crippen LogP contribution in [0.5, 0.6) is 5.75 Å². The predicted molar refractivity (Wildman–Crippen MR) is 130 cm³/mol. The fourth-order valence-electron chi connectivity index (χ4n) is 5.44. The zero-order chi connectivity index (χ0) is 25.5. The summed E-state index contributed by atoms with van der Waals surface area (Å²) in [5, 5.41) is 23.2. The van der Waals surface area contributed by atoms with E-state index >= 15 is 0 Å². The van der Waals surface area contributed by atoms with Gasteiger partial charge in [-0.3, -0.25) is 9.59 Å². The number of anilines is 2. The van der Waals surface area contributed by atoms with E-state index in [-0.39, 0.29) is 41.6 Å². The molecule has 0 aromatic heterocycles. The number of ether oxygens (including phenoxy) is 1. The van der Waals surface area contributed by atoms with E-state index in [4.69, 9.17) is 16.3 Å². The number of nitrogens with one attached hydrogen (secondary N) is 4. The van der Waals surface area contributed by atoms with Crippen molar-refractivity contribution in [3.8, 4) is 5.75 Å². The van der Waals surface area contributed by atoms with Crippen LogP contribution in [-0.2, 0) is 9.59 Å². The molecular formula is C25H27ClF2N4O4. The van der Waals surface area contributed by atoms with Crippen molar-refractivity contribution in [1.29, 1.82) is 0 Å². The third-order valence-electron chi connectivity index (χ3n) is 7.48. The molecule has 0 saturated heterocycles. The van der Waals surface area contributed by atoms with Crippen molar-refractivity contribution in [3.05, 3.63) is 53.1 Å². The molecule has 2 atom stereocenters. The first kappa shape index (κ1) is 24.6. The second kappa shape index (κ2) is 9.40. The average Bonchev–Trinajstić information content (AvgIpc) is 2.85. The number of amides is 2. The van der Waals surface area contributed by atoms with Gasteiger partial charge in [-0.2, -0.15) is 0 Å². The molecular weight excluding hydrogens is 494 g/mol. The monoisotopic (exact) mass is 520 g/mol. The summed E-state index contributed by atoms with van der Waals surface area (Å²) in [6.07, 6.45) is 1.64. The van der Waals surface area contributed by atoms with E-state index < -0.39 is 29.0 Å². The van der Waals surface area contributed by atoms with Gasteiger partial charge in [0.15, 0.2) is 6.61 Å². The van der Waals surface area contributed by atoms with E-state index in [1.165, 1.54) is 24.3 Å². The molecule has 3 fully saturated rings. The lowest BCUT2D eigenvalue weighted by Crippen LogP contribution is -2.71. The molecule has 2 bridgehead atoms. The lowest BCUT2D eigenvalue weighted by molar-refractivity contribution is -0.136. The van der Waals surface area contributed by atoms with Crippen molar-refractivity contribution >= 4 is 34.8 Å². The van der Waals surface area contributed by atoms with Gasteiger partial charge in [0.2, 0.25) is 5.91 Å². The van der Waals surface area contributed by atoms with Gasteiger partial charge in [0.1, 0.15) is 23.4 Å². The number of aliphatic hydroxyl groups is 1. The molecule has 3 saturated carbocycles. The molecule has 2 aromatic carbocycles. The van der Waals surface area contributed by atoms with E-state index in [0.29, 0.717) is 43.5 Å². The highest BCUT2D eigenvalue weighted by Gasteiger charge is 2.55. The van der Waals surface area contributed by atoms with Crippen LogP contribution in [-0.4, -0.2) is 53.3 Å². The third kappa shape index (κ3) is 4.79. The summed E-state index contributed by atoms with van der Waals surface area (Å²) in [6, 6.07) is 7.64. The lowest BCUT2D eigenvalue weighted by Gasteiger charge is -2.56. The number of hydrogen-bond acceptors (Lipinski definition) is 6. The van der Waals surface area contributed by atoms with Crippen molar-refractivity contribution in [2.45, 2.75) is 55.3 Å². The zero-order valence-corrected chi connectivity index (χ0v) is 20.1. The Labute approximate surface area is 211 Å². The highest BCUT2D eigenvalue weighted by Crippen LogP contribution is 2.47. The van der Waals surface area contributed by atoms with Crippen LogP contribution >= 0.6 is 11.6 Å². The summed E-state index contributed by atoms with van der Waals surface area (Å²) in [6.45, 7) is -0.0154. The van der Waals surface area contributed by atoms with Gasteiger partial charge in [-0.25, -0.2) is 8.78 Å². The van der Waals surface area contributed by atoms with Gasteiger partial charge in [0, 0.05) is 18.2 Å². The second-order valence-electron chi connectivity index (χ2n) is 9.83. The number of rotatable bonds is 6. The highest BCUT2D eigenvalue weighted by molar-refractivity contribution is 6.30. The van der Waals surface area contributed by atoms with Gasteiger partial charge in [-0.05, 0) is 62.4 Å². The van der Waals surface area contributed by atoms with Gasteiger partial charge in [-0.1, -0.05) is 11.6 Å². The van der Waals surface area contributed by atoms with Gasteiger partial charge < -0.3 is 31.1 Å². The number of carbonyl (C=O) groups excluding carboxylic acids is 2. The molecule has 0 radical (unpaired) electrons. The zero-order valence-electron chi connectivity index (χ0n) is 19.4. The van der Waals surface area contributed by atoms with Crippen LogP contribution in [0.2, 0.25) is 5.02 Å². The second-order valence-corrected chi connectivity index (χ2v) is 10.2. The Morgan fingerprint density at radius 3 is 2.58 bits per heavy atom. The molecule has 192 valence electrons. The van der Waals surface area contributed by atoms with E-state index in [1.807, 2.05) is 0 Å². The summed E-state index contributed by atoms with van der Waals surface area (Å²) in [5.74, 6) is -1.43. The summed E-state index contributed by atoms with van der Waals surface area (Å²) >= 11 is 5.66. The van der Waals surface area contributed by atoms with Crippen LogP contribution in [0.4, 0.5) is 20.2 Å². The lowest BCUT2D eigenvalue weighted by atomic mass is 9.59. The molecule has 36 heavy (non-hydrogen) atoms. The maximum atomic E-state index is 13.6. The van der Waals surface area contributed by atoms with E-state index in [1.54, 1.807) is 6.07 Å². The summed E-state index contributed by atoms with van der Waals surface area (Å²) < 4.78 is 32.4. The molecule has 1 heterocycles. The van der Waals surface area contributed by atoms with Crippen LogP contribution in [0.1, 0.15) is 32.1 Å². The fraction of sp³-hybridized carbons (Fsp3) is 0.440. The molecule has 3 aliphatic carbocycles. The average molecular weight is 521 g/mol. The van der Waals surface area contributed by atoms with Crippen LogP contribution in [0.15, 0.2) is 36.4 Å². The minimum Gasteiger partial charge on any atom is -0.484 e. The Morgan fingerprint density at radius 1 is 1.08 bits per heavy atom. The number of carbonyl (C=O) groups is 2. The number of halogens is 3. The molecule has 2 amide bonds. The first-order valence-corrected chi connectivity index (χ1v) is 12.2. The maximum Gasteiger partial charge on any atom is 0.258 e. The van der Waals surface area contributed by atoms with Crippen LogP contribution in [0.25, 0.3) is 0 Å². The summed E-state index contributed by atoms with van der Waals surface area (Å²) in [7, 11) is 0. The first-order chi connectivity index (χ1) is 17.2. The third-order valence-corrected chi connectivity index (χ3v) is 7.79. The molecule has 1 aliphatic heterocycles. The van der Waals surface area contributed by atoms with Gasteiger partial charge >= 0.3 is 0 Å². The van der Waals surface area contributed by atoms with Crippen LogP contribution in [0, 0.1) is 11.6 Å². The fourth-order valence-corrected chi connectivity index (χ4v) is 5.56. The Morgan fingerprint density at radius 2 is 1.86 bits per heavy atom. The standard InChI is InChI=1S/C25H27ClF2N4O4/c26-16-3-2-15(10-17(16)28)36-13-22(34)31-24-5-7-25(8-6-24,21(33)11-24)32-23(35)20-12-29-19-9-14(27)1-4-18(19)30-20/h1-4,9-10,20-21,29-30,33H,5-8,11-13H2,(H,31,34)(H,32,35)/t20?,21-,24?,25?/m0/s1. The van der Waals surface area contributed by atoms with Crippen molar-refractivity contribution in [2.75, 3.05) is 23.8 Å². The Balaban J connectivity index is 1.16. The Kier molecular flexibility index (Phi) is 6.42. The Bertz CT molecular complexity index is 1190. The molecule has 11 heteroatoms. The van der Waals surface area contributed by atoms with Crippen molar-refractivity contribution in [1.82, 2.24) is 10.6 Å². The molecule has 1 unspecified atom stereocenters. The van der Waals surface area contributed by atoms with Crippen molar-refractivity contribution < 1.29 is 28.2 Å². The van der Waals surface area contributed by atoms with E-state index in [9.17, 15) is 23.5 Å². The molecule has 4 aliphatic rings. The first-order valence-electron chi connectivity index (χ1n) is 11.9. The quantitative estimate of drug-likeness (QED) is 0.400.